The lowest BCUT2D eigenvalue weighted by Gasteiger charge is -2.30. The zero-order valence-corrected chi connectivity index (χ0v) is 33.6. The molecule has 4 heterocycles. The first kappa shape index (κ1) is 41.0. The fraction of sp³-hybridized carbons (Fsp3) is 0.419. The van der Waals surface area contributed by atoms with Crippen molar-refractivity contribution >= 4 is 24.0 Å². The molecule has 4 N–H and O–H groups in total. The second-order valence-electron chi connectivity index (χ2n) is 15.2. The predicted molar refractivity (Wildman–Crippen MR) is 214 cm³/mol. The van der Waals surface area contributed by atoms with Crippen molar-refractivity contribution in [3.63, 3.8) is 0 Å². The molecule has 0 radical (unpaired) electrons. The smallest absolute Gasteiger partial charge is 0.407 e. The number of benzene rings is 2. The number of alkyl carbamates (subject to hydrolysis) is 2. The second-order valence-corrected chi connectivity index (χ2v) is 15.2. The van der Waals surface area contributed by atoms with Gasteiger partial charge in [0.1, 0.15) is 29.8 Å². The number of ether oxygens (including phenoxy) is 2. The van der Waals surface area contributed by atoms with Crippen LogP contribution in [0.1, 0.15) is 93.8 Å². The van der Waals surface area contributed by atoms with E-state index in [9.17, 15) is 24.4 Å². The minimum Gasteiger partial charge on any atom is -0.453 e. The van der Waals surface area contributed by atoms with E-state index in [1.165, 1.54) is 14.2 Å². The number of hydrogen-bond donors (Lipinski definition) is 4. The summed E-state index contributed by atoms with van der Waals surface area (Å²) in [6.45, 7) is 8.63. The van der Waals surface area contributed by atoms with E-state index in [0.29, 0.717) is 41.6 Å². The number of nitrogens with one attached hydrogen (secondary N) is 4. The highest BCUT2D eigenvalue weighted by Gasteiger charge is 2.39. The fourth-order valence-corrected chi connectivity index (χ4v) is 7.48. The van der Waals surface area contributed by atoms with Gasteiger partial charge in [0.05, 0.1) is 55.6 Å². The molecular formula is C43H49N9O6. The summed E-state index contributed by atoms with van der Waals surface area (Å²) in [6, 6.07) is 13.5. The van der Waals surface area contributed by atoms with E-state index in [0.717, 1.165) is 48.1 Å². The van der Waals surface area contributed by atoms with Gasteiger partial charge in [0.25, 0.3) is 0 Å². The number of carbonyl (C=O) groups is 4. The maximum absolute atomic E-state index is 13.5. The van der Waals surface area contributed by atoms with Crippen LogP contribution in [0.5, 0.6) is 0 Å². The third-order valence-electron chi connectivity index (χ3n) is 10.7. The van der Waals surface area contributed by atoms with Crippen molar-refractivity contribution < 1.29 is 28.7 Å². The SMILES string of the molecule is COC(=O)NC(C(=O)N1CCCC1c1ncc(-c2ccc(C#Cc3ccc(-c4cnc(C5CCCN5C(=O)C(NC(=O)OC)C(C)C)[nH]4)cc3C#N)cc2)[nH]1)C(C)C. The number of aromatic amines is 2. The number of aromatic nitrogens is 4. The van der Waals surface area contributed by atoms with Crippen LogP contribution in [0, 0.1) is 35.0 Å². The number of H-pyrrole nitrogens is 2. The molecule has 6 rings (SSSR count). The number of rotatable bonds is 10. The van der Waals surface area contributed by atoms with Gasteiger partial charge in [-0.15, -0.1) is 0 Å². The van der Waals surface area contributed by atoms with Gasteiger partial charge >= 0.3 is 12.2 Å². The van der Waals surface area contributed by atoms with Gasteiger partial charge in [-0.1, -0.05) is 57.7 Å². The van der Waals surface area contributed by atoms with Gasteiger partial charge in [-0.25, -0.2) is 19.6 Å². The Balaban J connectivity index is 1.12. The monoisotopic (exact) mass is 787 g/mol. The molecule has 302 valence electrons. The number of hydrogen-bond acceptors (Lipinski definition) is 9. The average molecular weight is 788 g/mol. The summed E-state index contributed by atoms with van der Waals surface area (Å²) < 4.78 is 9.48. The largest absolute Gasteiger partial charge is 0.453 e. The highest BCUT2D eigenvalue weighted by Crippen LogP contribution is 2.34. The Bertz CT molecular complexity index is 2240. The van der Waals surface area contributed by atoms with Gasteiger partial charge in [0.15, 0.2) is 0 Å². The van der Waals surface area contributed by atoms with Crippen molar-refractivity contribution in [2.45, 2.75) is 77.5 Å². The zero-order valence-electron chi connectivity index (χ0n) is 33.6. The maximum atomic E-state index is 13.5. The summed E-state index contributed by atoms with van der Waals surface area (Å²) in [7, 11) is 2.55. The zero-order chi connectivity index (χ0) is 41.5. The average Bonchev–Trinajstić information content (AvgIpc) is 4.07. The molecule has 0 aliphatic carbocycles. The number of amides is 4. The molecule has 4 aromatic rings. The molecule has 2 fully saturated rings. The summed E-state index contributed by atoms with van der Waals surface area (Å²) in [4.78, 5) is 70.5. The Morgan fingerprint density at radius 1 is 0.724 bits per heavy atom. The van der Waals surface area contributed by atoms with Crippen molar-refractivity contribution in [1.29, 1.82) is 5.26 Å². The summed E-state index contributed by atoms with van der Waals surface area (Å²) in [5.41, 5.74) is 4.92. The summed E-state index contributed by atoms with van der Waals surface area (Å²) in [5.74, 6) is 7.02. The highest BCUT2D eigenvalue weighted by atomic mass is 16.5. The molecule has 4 unspecified atom stereocenters. The van der Waals surface area contributed by atoms with E-state index < -0.39 is 24.3 Å². The van der Waals surface area contributed by atoms with Crippen LogP contribution >= 0.6 is 0 Å². The quantitative estimate of drug-likeness (QED) is 0.143. The second kappa shape index (κ2) is 18.1. The first-order valence-corrected chi connectivity index (χ1v) is 19.5. The standard InChI is InChI=1S/C43H49N9O6/c1-25(2)36(49-42(55)57-5)40(53)51-19-7-9-34(51)38-45-23-32(47-38)29-15-12-27(13-16-29)11-14-28-17-18-30(21-31(28)22-44)33-24-46-39(48-33)35-10-8-20-52(35)41(54)37(26(3)4)50-43(56)58-6/h12-13,15-18,21,23-26,34-37H,7-10,19-20H2,1-6H3,(H,45,47)(H,46,48)(H,49,55)(H,50,56). The Morgan fingerprint density at radius 2 is 1.21 bits per heavy atom. The van der Waals surface area contributed by atoms with Crippen LogP contribution in [0.15, 0.2) is 54.9 Å². The molecule has 58 heavy (non-hydrogen) atoms. The van der Waals surface area contributed by atoms with Crippen molar-refractivity contribution in [3.8, 4) is 40.4 Å². The van der Waals surface area contributed by atoms with Gasteiger partial charge in [-0.3, -0.25) is 9.59 Å². The van der Waals surface area contributed by atoms with Crippen LogP contribution < -0.4 is 10.6 Å². The minimum atomic E-state index is -0.728. The molecule has 2 aromatic heterocycles. The number of imidazole rings is 2. The van der Waals surface area contributed by atoms with Gasteiger partial charge in [-0.05, 0) is 67.3 Å². The van der Waals surface area contributed by atoms with Crippen molar-refractivity contribution in [2.24, 2.45) is 11.8 Å². The summed E-state index contributed by atoms with van der Waals surface area (Å²) in [6.07, 6.45) is 5.26. The molecule has 0 bridgehead atoms. The number of nitrogens with zero attached hydrogens (tertiary/aromatic N) is 5. The number of nitriles is 1. The molecule has 15 nitrogen and oxygen atoms in total. The molecule has 4 atom stereocenters. The van der Waals surface area contributed by atoms with Gasteiger partial charge in [0.2, 0.25) is 11.8 Å². The molecule has 2 aliphatic heterocycles. The van der Waals surface area contributed by atoms with Crippen molar-refractivity contribution in [1.82, 2.24) is 40.4 Å². The normalized spacial score (nSPS) is 17.3. The first-order valence-electron chi connectivity index (χ1n) is 19.5. The maximum Gasteiger partial charge on any atom is 0.407 e. The summed E-state index contributed by atoms with van der Waals surface area (Å²) in [5, 5.41) is 15.4. The van der Waals surface area contributed by atoms with Crippen LogP contribution in [-0.4, -0.2) is 93.1 Å². The van der Waals surface area contributed by atoms with Crippen LogP contribution in [0.25, 0.3) is 22.5 Å². The van der Waals surface area contributed by atoms with Crippen LogP contribution in [0.3, 0.4) is 0 Å². The molecule has 0 saturated carbocycles. The Morgan fingerprint density at radius 3 is 1.67 bits per heavy atom. The lowest BCUT2D eigenvalue weighted by atomic mass is 10.0. The van der Waals surface area contributed by atoms with Crippen molar-refractivity contribution in [3.05, 3.63) is 83.2 Å². The van der Waals surface area contributed by atoms with E-state index in [2.05, 4.69) is 48.5 Å². The molecule has 2 aliphatic rings. The molecule has 4 amide bonds. The predicted octanol–water partition coefficient (Wildman–Crippen LogP) is 5.83. The van der Waals surface area contributed by atoms with E-state index >= 15 is 0 Å². The fourth-order valence-electron chi connectivity index (χ4n) is 7.48. The van der Waals surface area contributed by atoms with E-state index in [1.54, 1.807) is 28.3 Å². The van der Waals surface area contributed by atoms with E-state index in [-0.39, 0.29) is 35.7 Å². The third-order valence-corrected chi connectivity index (χ3v) is 10.7. The van der Waals surface area contributed by atoms with Crippen LogP contribution in [0.2, 0.25) is 0 Å². The topological polar surface area (TPSA) is 198 Å². The Kier molecular flexibility index (Phi) is 12.8. The molecule has 15 heteroatoms. The lowest BCUT2D eigenvalue weighted by molar-refractivity contribution is -0.136. The van der Waals surface area contributed by atoms with E-state index in [4.69, 9.17) is 9.47 Å². The summed E-state index contributed by atoms with van der Waals surface area (Å²) >= 11 is 0. The first-order chi connectivity index (χ1) is 27.9. The highest BCUT2D eigenvalue weighted by molar-refractivity contribution is 5.87. The molecule has 0 spiro atoms. The molecule has 2 aromatic carbocycles. The minimum absolute atomic E-state index is 0.124. The van der Waals surface area contributed by atoms with Gasteiger partial charge in [0, 0.05) is 29.8 Å². The number of carbonyl (C=O) groups excluding carboxylic acids is 4. The van der Waals surface area contributed by atoms with Gasteiger partial charge in [-0.2, -0.15) is 5.26 Å². The number of methoxy groups -OCH3 is 2. The Hall–Kier alpha value is -6.61. The van der Waals surface area contributed by atoms with Crippen LogP contribution in [-0.2, 0) is 19.1 Å². The number of likely N-dealkylation sites (tertiary alicyclic amines) is 2. The molecular weight excluding hydrogens is 739 g/mol. The van der Waals surface area contributed by atoms with Gasteiger partial charge < -0.3 is 39.9 Å². The molecule has 2 saturated heterocycles. The Labute approximate surface area is 337 Å². The lowest BCUT2D eigenvalue weighted by Crippen LogP contribution is -2.51. The third kappa shape index (κ3) is 8.99. The van der Waals surface area contributed by atoms with Crippen LogP contribution in [0.4, 0.5) is 9.59 Å². The van der Waals surface area contributed by atoms with E-state index in [1.807, 2.05) is 64.1 Å². The van der Waals surface area contributed by atoms with Crippen molar-refractivity contribution in [2.75, 3.05) is 27.3 Å².